The van der Waals surface area contributed by atoms with Crippen LogP contribution in [0.2, 0.25) is 0 Å². The van der Waals surface area contributed by atoms with Gasteiger partial charge in [-0.2, -0.15) is 0 Å². The van der Waals surface area contributed by atoms with Gasteiger partial charge in [0.25, 0.3) is 0 Å². The van der Waals surface area contributed by atoms with Crippen molar-refractivity contribution in [1.29, 1.82) is 0 Å². The monoisotopic (exact) mass is 312 g/mol. The van der Waals surface area contributed by atoms with Crippen molar-refractivity contribution in [3.05, 3.63) is 0 Å². The molecule has 7 heteroatoms. The van der Waals surface area contributed by atoms with Crippen molar-refractivity contribution in [2.45, 2.75) is 32.1 Å². The molecule has 1 aliphatic heterocycles. The highest BCUT2D eigenvalue weighted by molar-refractivity contribution is 5.82. The average molecular weight is 312 g/mol. The lowest BCUT2D eigenvalue weighted by atomic mass is 9.84. The first-order valence-corrected chi connectivity index (χ1v) is 7.94. The van der Waals surface area contributed by atoms with Gasteiger partial charge in [0.2, 0.25) is 11.8 Å². The summed E-state index contributed by atoms with van der Waals surface area (Å²) in [7, 11) is 0. The van der Waals surface area contributed by atoms with Crippen LogP contribution < -0.4 is 0 Å². The minimum Gasteiger partial charge on any atom is -0.480 e. The van der Waals surface area contributed by atoms with E-state index in [4.69, 9.17) is 9.84 Å². The quantitative estimate of drug-likeness (QED) is 0.812. The van der Waals surface area contributed by atoms with Gasteiger partial charge in [-0.3, -0.25) is 14.4 Å². The Hall–Kier alpha value is -1.63. The number of hydrogen-bond donors (Lipinski definition) is 1. The van der Waals surface area contributed by atoms with E-state index < -0.39 is 5.97 Å². The Morgan fingerprint density at radius 1 is 1.14 bits per heavy atom. The van der Waals surface area contributed by atoms with Crippen LogP contribution in [-0.2, 0) is 19.1 Å². The van der Waals surface area contributed by atoms with Crippen molar-refractivity contribution in [2.24, 2.45) is 5.92 Å². The molecule has 22 heavy (non-hydrogen) atoms. The molecule has 2 amide bonds. The molecule has 1 N–H and O–H groups in total. The fourth-order valence-electron chi connectivity index (χ4n) is 2.76. The summed E-state index contributed by atoms with van der Waals surface area (Å²) in [6, 6.07) is 0. The van der Waals surface area contributed by atoms with Gasteiger partial charge in [-0.15, -0.1) is 0 Å². The van der Waals surface area contributed by atoms with E-state index in [2.05, 4.69) is 0 Å². The smallest absolute Gasteiger partial charge is 0.323 e. The molecule has 0 unspecified atom stereocenters. The van der Waals surface area contributed by atoms with E-state index in [1.165, 1.54) is 4.90 Å². The zero-order valence-electron chi connectivity index (χ0n) is 12.8. The second kappa shape index (κ2) is 8.12. The molecule has 0 aromatic rings. The third-order valence-electron chi connectivity index (χ3n) is 4.24. The van der Waals surface area contributed by atoms with Gasteiger partial charge < -0.3 is 19.6 Å². The first-order chi connectivity index (χ1) is 10.6. The number of aliphatic carboxylic acids is 1. The van der Waals surface area contributed by atoms with Gasteiger partial charge in [0.05, 0.1) is 0 Å². The van der Waals surface area contributed by atoms with E-state index in [1.54, 1.807) is 0 Å². The first kappa shape index (κ1) is 16.7. The van der Waals surface area contributed by atoms with Crippen LogP contribution in [0.4, 0.5) is 0 Å². The van der Waals surface area contributed by atoms with Gasteiger partial charge in [-0.1, -0.05) is 6.42 Å². The summed E-state index contributed by atoms with van der Waals surface area (Å²) in [5.41, 5.74) is 0. The molecule has 0 bridgehead atoms. The molecule has 7 nitrogen and oxygen atoms in total. The van der Waals surface area contributed by atoms with Gasteiger partial charge in [-0.25, -0.2) is 0 Å². The lowest BCUT2D eigenvalue weighted by molar-refractivity contribution is -0.146. The highest BCUT2D eigenvalue weighted by Gasteiger charge is 2.29. The molecule has 1 saturated heterocycles. The molecular formula is C15H24N2O5. The zero-order chi connectivity index (χ0) is 15.9. The Balaban J connectivity index is 1.93. The van der Waals surface area contributed by atoms with Crippen LogP contribution >= 0.6 is 0 Å². The standard InChI is InChI=1S/C15H24N2O5/c18-13-11-22-9-3-8-16(15(21)12-4-1-5-12)6-2-7-17(13)10-14(19)20/h12H,1-11H2,(H,19,20). The van der Waals surface area contributed by atoms with Crippen molar-refractivity contribution in [2.75, 3.05) is 39.4 Å². The normalized spacial score (nSPS) is 21.9. The van der Waals surface area contributed by atoms with Crippen molar-refractivity contribution >= 4 is 17.8 Å². The molecule has 0 radical (unpaired) electrons. The number of carboxylic acids is 1. The number of carbonyl (C=O) groups is 3. The average Bonchev–Trinajstić information content (AvgIpc) is 2.43. The van der Waals surface area contributed by atoms with Crippen LogP contribution in [0, 0.1) is 5.92 Å². The number of nitrogens with zero attached hydrogens (tertiary/aromatic N) is 2. The number of rotatable bonds is 3. The molecule has 0 atom stereocenters. The Morgan fingerprint density at radius 3 is 2.50 bits per heavy atom. The summed E-state index contributed by atoms with van der Waals surface area (Å²) < 4.78 is 5.30. The van der Waals surface area contributed by atoms with E-state index >= 15 is 0 Å². The third-order valence-corrected chi connectivity index (χ3v) is 4.24. The number of hydrogen-bond acceptors (Lipinski definition) is 4. The van der Waals surface area contributed by atoms with Crippen molar-refractivity contribution in [3.8, 4) is 0 Å². The lowest BCUT2D eigenvalue weighted by Gasteiger charge is -2.32. The molecule has 1 aliphatic carbocycles. The Bertz CT molecular complexity index is 422. The number of carbonyl (C=O) groups excluding carboxylic acids is 2. The molecule has 2 fully saturated rings. The van der Waals surface area contributed by atoms with Gasteiger partial charge in [0.15, 0.2) is 0 Å². The largest absolute Gasteiger partial charge is 0.480 e. The highest BCUT2D eigenvalue weighted by atomic mass is 16.5. The van der Waals surface area contributed by atoms with E-state index in [0.717, 1.165) is 19.3 Å². The topological polar surface area (TPSA) is 87.2 Å². The molecule has 124 valence electrons. The Labute approximate surface area is 130 Å². The van der Waals surface area contributed by atoms with E-state index in [1.807, 2.05) is 4.90 Å². The van der Waals surface area contributed by atoms with Gasteiger partial charge in [-0.05, 0) is 25.7 Å². The second-order valence-corrected chi connectivity index (χ2v) is 5.92. The van der Waals surface area contributed by atoms with Crippen LogP contribution in [0.25, 0.3) is 0 Å². The predicted molar refractivity (Wildman–Crippen MR) is 78.2 cm³/mol. The molecule has 1 saturated carbocycles. The van der Waals surface area contributed by atoms with Crippen molar-refractivity contribution in [3.63, 3.8) is 0 Å². The molecule has 0 aromatic heterocycles. The third kappa shape index (κ3) is 4.69. The maximum absolute atomic E-state index is 12.4. The number of carboxylic acid groups (broad SMARTS) is 1. The van der Waals surface area contributed by atoms with Crippen LogP contribution in [0.1, 0.15) is 32.1 Å². The summed E-state index contributed by atoms with van der Waals surface area (Å²) in [6.45, 7) is 1.54. The van der Waals surface area contributed by atoms with Gasteiger partial charge in [0.1, 0.15) is 13.2 Å². The number of amides is 2. The van der Waals surface area contributed by atoms with Gasteiger partial charge in [0, 0.05) is 32.2 Å². The SMILES string of the molecule is O=C(O)CN1CCCN(C(=O)C2CCC2)CCCOCC1=O. The fraction of sp³-hybridized carbons (Fsp3) is 0.800. The van der Waals surface area contributed by atoms with Crippen LogP contribution in [-0.4, -0.2) is 72.1 Å². The summed E-state index contributed by atoms with van der Waals surface area (Å²) in [5, 5.41) is 8.88. The predicted octanol–water partition coefficient (Wildman–Crippen LogP) is 0.339. The van der Waals surface area contributed by atoms with Crippen molar-refractivity contribution < 1.29 is 24.2 Å². The molecule has 2 aliphatic rings. The summed E-state index contributed by atoms with van der Waals surface area (Å²) in [4.78, 5) is 38.3. The maximum atomic E-state index is 12.4. The van der Waals surface area contributed by atoms with Crippen molar-refractivity contribution in [1.82, 2.24) is 9.80 Å². The summed E-state index contributed by atoms with van der Waals surface area (Å²) >= 11 is 0. The molecule has 0 aromatic carbocycles. The fourth-order valence-corrected chi connectivity index (χ4v) is 2.76. The molecule has 2 rings (SSSR count). The van der Waals surface area contributed by atoms with E-state index in [0.29, 0.717) is 39.1 Å². The minimum atomic E-state index is -1.04. The van der Waals surface area contributed by atoms with Crippen LogP contribution in [0.3, 0.4) is 0 Å². The maximum Gasteiger partial charge on any atom is 0.323 e. The minimum absolute atomic E-state index is 0.0934. The van der Waals surface area contributed by atoms with E-state index in [9.17, 15) is 14.4 Å². The van der Waals surface area contributed by atoms with Crippen LogP contribution in [0.5, 0.6) is 0 Å². The lowest BCUT2D eigenvalue weighted by Crippen LogP contribution is -2.42. The molecule has 1 heterocycles. The number of ether oxygens (including phenoxy) is 1. The highest BCUT2D eigenvalue weighted by Crippen LogP contribution is 2.28. The summed E-state index contributed by atoms with van der Waals surface area (Å²) in [6.07, 6.45) is 4.35. The second-order valence-electron chi connectivity index (χ2n) is 5.92. The molecule has 0 spiro atoms. The van der Waals surface area contributed by atoms with E-state index in [-0.39, 0.29) is 30.9 Å². The van der Waals surface area contributed by atoms with Crippen LogP contribution in [0.15, 0.2) is 0 Å². The Morgan fingerprint density at radius 2 is 1.86 bits per heavy atom. The molecular weight excluding hydrogens is 288 g/mol. The first-order valence-electron chi connectivity index (χ1n) is 7.94. The Kier molecular flexibility index (Phi) is 6.18. The summed E-state index contributed by atoms with van der Waals surface area (Å²) in [5.74, 6) is -0.990. The zero-order valence-corrected chi connectivity index (χ0v) is 12.8. The van der Waals surface area contributed by atoms with Gasteiger partial charge >= 0.3 is 5.97 Å².